The van der Waals surface area contributed by atoms with Crippen molar-refractivity contribution in [3.8, 4) is 11.6 Å². The minimum absolute atomic E-state index is 0.0890. The number of ether oxygens (including phenoxy) is 2. The molecule has 2 aromatic heterocycles. The zero-order chi connectivity index (χ0) is 18.6. The summed E-state index contributed by atoms with van der Waals surface area (Å²) in [6, 6.07) is 11.8. The number of nitrogens with zero attached hydrogens (tertiary/aromatic N) is 2. The van der Waals surface area contributed by atoms with E-state index in [2.05, 4.69) is 16.0 Å². The van der Waals surface area contributed by atoms with Crippen molar-refractivity contribution in [1.82, 2.24) is 14.9 Å². The van der Waals surface area contributed by atoms with E-state index in [9.17, 15) is 4.79 Å². The summed E-state index contributed by atoms with van der Waals surface area (Å²) in [4.78, 5) is 22.0. The Kier molecular flexibility index (Phi) is 4.96. The SMILES string of the molecule is COc1ccc(OC2CCN(C(=O)Cc3ccc4[nH]ccc4c3)CC2)nc1. The van der Waals surface area contributed by atoms with Gasteiger partial charge in [0.1, 0.15) is 11.9 Å². The number of amides is 1. The van der Waals surface area contributed by atoms with E-state index in [1.54, 1.807) is 13.3 Å². The third-order valence-corrected chi connectivity index (χ3v) is 5.00. The predicted molar refractivity (Wildman–Crippen MR) is 103 cm³/mol. The van der Waals surface area contributed by atoms with Crippen LogP contribution in [0.2, 0.25) is 0 Å². The Labute approximate surface area is 158 Å². The van der Waals surface area contributed by atoms with Crippen LogP contribution >= 0.6 is 0 Å². The fraction of sp³-hybridized carbons (Fsp3) is 0.333. The highest BCUT2D eigenvalue weighted by molar-refractivity contribution is 5.83. The molecule has 1 fully saturated rings. The maximum Gasteiger partial charge on any atom is 0.226 e. The zero-order valence-electron chi connectivity index (χ0n) is 15.4. The Balaban J connectivity index is 1.29. The first-order chi connectivity index (χ1) is 13.2. The Morgan fingerprint density at radius 3 is 2.81 bits per heavy atom. The number of pyridine rings is 1. The number of rotatable bonds is 5. The summed E-state index contributed by atoms with van der Waals surface area (Å²) in [5.41, 5.74) is 2.14. The van der Waals surface area contributed by atoms with E-state index >= 15 is 0 Å². The second kappa shape index (κ2) is 7.70. The Bertz CT molecular complexity index is 912. The average Bonchev–Trinajstić information content (AvgIpc) is 3.17. The molecule has 3 aromatic rings. The number of hydrogen-bond donors (Lipinski definition) is 1. The molecule has 0 aliphatic carbocycles. The molecule has 0 spiro atoms. The summed E-state index contributed by atoms with van der Waals surface area (Å²) >= 11 is 0. The molecule has 140 valence electrons. The summed E-state index contributed by atoms with van der Waals surface area (Å²) in [5, 5.41) is 1.14. The van der Waals surface area contributed by atoms with Gasteiger partial charge in [0.05, 0.1) is 19.7 Å². The Hall–Kier alpha value is -3.02. The number of hydrogen-bond acceptors (Lipinski definition) is 4. The number of methoxy groups -OCH3 is 1. The molecule has 3 heterocycles. The normalized spacial score (nSPS) is 15.1. The molecule has 1 saturated heterocycles. The van der Waals surface area contributed by atoms with Gasteiger partial charge in [-0.15, -0.1) is 0 Å². The fourth-order valence-electron chi connectivity index (χ4n) is 3.45. The highest BCUT2D eigenvalue weighted by atomic mass is 16.5. The van der Waals surface area contributed by atoms with E-state index in [0.717, 1.165) is 29.3 Å². The zero-order valence-corrected chi connectivity index (χ0v) is 15.4. The van der Waals surface area contributed by atoms with Crippen LogP contribution < -0.4 is 9.47 Å². The molecule has 4 rings (SSSR count). The van der Waals surface area contributed by atoms with Crippen molar-refractivity contribution in [2.24, 2.45) is 0 Å². The van der Waals surface area contributed by atoms with Crippen LogP contribution in [-0.4, -0.2) is 47.1 Å². The summed E-state index contributed by atoms with van der Waals surface area (Å²) in [6.07, 6.45) is 5.72. The molecule has 1 N–H and O–H groups in total. The van der Waals surface area contributed by atoms with Gasteiger partial charge in [-0.3, -0.25) is 4.79 Å². The minimum atomic E-state index is 0.0890. The summed E-state index contributed by atoms with van der Waals surface area (Å²) in [5.74, 6) is 1.48. The third-order valence-electron chi connectivity index (χ3n) is 5.00. The monoisotopic (exact) mass is 365 g/mol. The van der Waals surface area contributed by atoms with Gasteiger partial charge in [0.15, 0.2) is 0 Å². The molecule has 6 heteroatoms. The van der Waals surface area contributed by atoms with Crippen LogP contribution in [0.1, 0.15) is 18.4 Å². The lowest BCUT2D eigenvalue weighted by Gasteiger charge is -2.32. The van der Waals surface area contributed by atoms with Gasteiger partial charge in [-0.2, -0.15) is 0 Å². The van der Waals surface area contributed by atoms with E-state index in [1.165, 1.54) is 0 Å². The van der Waals surface area contributed by atoms with Crippen LogP contribution in [0.5, 0.6) is 11.6 Å². The molecule has 0 saturated carbocycles. The van der Waals surface area contributed by atoms with Gasteiger partial charge in [-0.05, 0) is 35.2 Å². The van der Waals surface area contributed by atoms with Crippen LogP contribution in [0.25, 0.3) is 10.9 Å². The van der Waals surface area contributed by atoms with Crippen molar-refractivity contribution in [2.45, 2.75) is 25.4 Å². The summed E-state index contributed by atoms with van der Waals surface area (Å²) < 4.78 is 11.0. The number of benzene rings is 1. The molecule has 27 heavy (non-hydrogen) atoms. The maximum absolute atomic E-state index is 12.6. The molecule has 0 radical (unpaired) electrons. The topological polar surface area (TPSA) is 67.5 Å². The van der Waals surface area contributed by atoms with E-state index in [-0.39, 0.29) is 12.0 Å². The molecule has 1 aromatic carbocycles. The van der Waals surface area contributed by atoms with Crippen molar-refractivity contribution in [1.29, 1.82) is 0 Å². The highest BCUT2D eigenvalue weighted by Gasteiger charge is 2.24. The van der Waals surface area contributed by atoms with Gasteiger partial charge in [-0.25, -0.2) is 4.98 Å². The Morgan fingerprint density at radius 1 is 1.22 bits per heavy atom. The smallest absolute Gasteiger partial charge is 0.226 e. The lowest BCUT2D eigenvalue weighted by molar-refractivity contribution is -0.132. The van der Waals surface area contributed by atoms with Crippen LogP contribution in [0, 0.1) is 0 Å². The van der Waals surface area contributed by atoms with Crippen LogP contribution in [0.15, 0.2) is 48.8 Å². The first kappa shape index (κ1) is 17.4. The second-order valence-electron chi connectivity index (χ2n) is 6.81. The number of H-pyrrole nitrogens is 1. The average molecular weight is 365 g/mol. The number of likely N-dealkylation sites (tertiary alicyclic amines) is 1. The quantitative estimate of drug-likeness (QED) is 0.754. The largest absolute Gasteiger partial charge is 0.495 e. The van der Waals surface area contributed by atoms with Crippen molar-refractivity contribution >= 4 is 16.8 Å². The van der Waals surface area contributed by atoms with Crippen molar-refractivity contribution in [3.05, 3.63) is 54.4 Å². The standard InChI is InChI=1S/C21H23N3O3/c1-26-18-3-5-20(23-14-18)27-17-7-10-24(11-8-17)21(25)13-15-2-4-19-16(12-15)6-9-22-19/h2-6,9,12,14,17,22H,7-8,10-11,13H2,1H3. The molecular formula is C21H23N3O3. The number of fused-ring (bicyclic) bond motifs is 1. The number of nitrogens with one attached hydrogen (secondary N) is 1. The minimum Gasteiger partial charge on any atom is -0.495 e. The number of carbonyl (C=O) groups excluding carboxylic acids is 1. The fourth-order valence-corrected chi connectivity index (χ4v) is 3.45. The van der Waals surface area contributed by atoms with Gasteiger partial charge in [0.25, 0.3) is 0 Å². The summed E-state index contributed by atoms with van der Waals surface area (Å²) in [6.45, 7) is 1.43. The van der Waals surface area contributed by atoms with E-state index in [4.69, 9.17) is 9.47 Å². The summed E-state index contributed by atoms with van der Waals surface area (Å²) in [7, 11) is 1.61. The van der Waals surface area contributed by atoms with Crippen LogP contribution in [0.3, 0.4) is 0 Å². The molecule has 0 bridgehead atoms. The van der Waals surface area contributed by atoms with Crippen molar-refractivity contribution < 1.29 is 14.3 Å². The van der Waals surface area contributed by atoms with Crippen LogP contribution in [-0.2, 0) is 11.2 Å². The molecule has 1 aliphatic rings. The molecule has 6 nitrogen and oxygen atoms in total. The van der Waals surface area contributed by atoms with E-state index in [0.29, 0.717) is 31.1 Å². The van der Waals surface area contributed by atoms with Gasteiger partial charge in [0.2, 0.25) is 11.8 Å². The molecule has 1 amide bonds. The molecule has 0 unspecified atom stereocenters. The number of aromatic nitrogens is 2. The maximum atomic E-state index is 12.6. The third kappa shape index (κ3) is 4.05. The van der Waals surface area contributed by atoms with E-state index < -0.39 is 0 Å². The number of piperidine rings is 1. The number of aromatic amines is 1. The Morgan fingerprint density at radius 2 is 2.07 bits per heavy atom. The first-order valence-corrected chi connectivity index (χ1v) is 9.22. The van der Waals surface area contributed by atoms with Crippen LogP contribution in [0.4, 0.5) is 0 Å². The van der Waals surface area contributed by atoms with Gasteiger partial charge in [0, 0.05) is 43.7 Å². The molecule has 0 atom stereocenters. The lowest BCUT2D eigenvalue weighted by atomic mass is 10.1. The van der Waals surface area contributed by atoms with Gasteiger partial charge < -0.3 is 19.4 Å². The highest BCUT2D eigenvalue weighted by Crippen LogP contribution is 2.20. The van der Waals surface area contributed by atoms with Crippen molar-refractivity contribution in [3.63, 3.8) is 0 Å². The predicted octanol–water partition coefficient (Wildman–Crippen LogP) is 3.18. The first-order valence-electron chi connectivity index (χ1n) is 9.22. The lowest BCUT2D eigenvalue weighted by Crippen LogP contribution is -2.42. The molecular weight excluding hydrogens is 342 g/mol. The van der Waals surface area contributed by atoms with Gasteiger partial charge >= 0.3 is 0 Å². The van der Waals surface area contributed by atoms with E-state index in [1.807, 2.05) is 41.4 Å². The molecule has 1 aliphatic heterocycles. The second-order valence-corrected chi connectivity index (χ2v) is 6.81. The van der Waals surface area contributed by atoms with Gasteiger partial charge in [-0.1, -0.05) is 6.07 Å². The number of carbonyl (C=O) groups is 1. The van der Waals surface area contributed by atoms with Crippen molar-refractivity contribution in [2.75, 3.05) is 20.2 Å².